The number of benzene rings is 4. The van der Waals surface area contributed by atoms with E-state index in [-0.39, 0.29) is 32.1 Å². The summed E-state index contributed by atoms with van der Waals surface area (Å²) < 4.78 is 0. The van der Waals surface area contributed by atoms with E-state index in [1.54, 1.807) is 24.3 Å². The van der Waals surface area contributed by atoms with Crippen molar-refractivity contribution in [3.8, 4) is 0 Å². The minimum absolute atomic E-state index is 0.201. The van der Waals surface area contributed by atoms with Crippen molar-refractivity contribution in [2.75, 3.05) is 10.6 Å². The molecule has 0 heterocycles. The Labute approximate surface area is 262 Å². The molecule has 0 atom stereocenters. The minimum Gasteiger partial charge on any atom is -0.332 e. The molecular weight excluding hydrogens is 630 g/mol. The van der Waals surface area contributed by atoms with Gasteiger partial charge in [-0.2, -0.15) is 0 Å². The average molecular weight is 650 g/mol. The lowest BCUT2D eigenvalue weighted by Gasteiger charge is -2.10. The van der Waals surface area contributed by atoms with Crippen LogP contribution < -0.4 is 21.3 Å². The highest BCUT2D eigenvalue weighted by Gasteiger charge is 2.13. The van der Waals surface area contributed by atoms with Gasteiger partial charge in [-0.1, -0.05) is 82.8 Å². The second-order valence-corrected chi connectivity index (χ2v) is 10.3. The predicted molar refractivity (Wildman–Crippen MR) is 173 cm³/mol. The quantitative estimate of drug-likeness (QED) is 0.167. The molecule has 0 aliphatic carbocycles. The van der Waals surface area contributed by atoms with Gasteiger partial charge in [-0.3, -0.25) is 20.2 Å². The zero-order chi connectivity index (χ0) is 29.1. The fourth-order valence-corrected chi connectivity index (χ4v) is 4.47. The number of para-hydroxylation sites is 2. The molecule has 0 unspecified atom stereocenters. The van der Waals surface area contributed by atoms with Crippen LogP contribution in [0.2, 0.25) is 20.1 Å². The van der Waals surface area contributed by atoms with Crippen LogP contribution in [-0.2, 0) is 0 Å². The van der Waals surface area contributed by atoms with Crippen molar-refractivity contribution in [2.45, 2.75) is 0 Å². The smallest absolute Gasteiger partial charge is 0.258 e. The summed E-state index contributed by atoms with van der Waals surface area (Å²) in [7, 11) is 0. The van der Waals surface area contributed by atoms with Crippen molar-refractivity contribution in [1.82, 2.24) is 10.6 Å². The summed E-state index contributed by atoms with van der Waals surface area (Å²) in [6, 6.07) is 27.9. The first-order valence-electron chi connectivity index (χ1n) is 11.4. The lowest BCUT2D eigenvalue weighted by atomic mass is 10.2. The summed E-state index contributed by atoms with van der Waals surface area (Å²) >= 11 is 33.6. The van der Waals surface area contributed by atoms with Gasteiger partial charge in [0.05, 0.1) is 21.2 Å². The second kappa shape index (κ2) is 15.5. The number of carbonyl (C=O) groups is 2. The van der Waals surface area contributed by atoms with E-state index in [1.807, 2.05) is 60.7 Å². The van der Waals surface area contributed by atoms with Gasteiger partial charge in [0.15, 0.2) is 10.2 Å². The number of anilines is 2. The monoisotopic (exact) mass is 648 g/mol. The van der Waals surface area contributed by atoms with Gasteiger partial charge in [-0.25, -0.2) is 0 Å². The van der Waals surface area contributed by atoms with Crippen LogP contribution in [0.15, 0.2) is 97.1 Å². The molecule has 4 aromatic carbocycles. The van der Waals surface area contributed by atoms with Crippen molar-refractivity contribution in [1.29, 1.82) is 0 Å². The van der Waals surface area contributed by atoms with E-state index in [9.17, 15) is 9.59 Å². The zero-order valence-corrected chi connectivity index (χ0v) is 25.0. The van der Waals surface area contributed by atoms with Gasteiger partial charge in [0, 0.05) is 21.4 Å². The maximum Gasteiger partial charge on any atom is 0.258 e. The van der Waals surface area contributed by atoms with Crippen LogP contribution in [0.4, 0.5) is 11.4 Å². The van der Waals surface area contributed by atoms with E-state index in [1.165, 1.54) is 12.1 Å². The molecule has 0 spiro atoms. The zero-order valence-electron chi connectivity index (χ0n) is 20.4. The molecule has 0 radical (unpaired) electrons. The second-order valence-electron chi connectivity index (χ2n) is 7.80. The van der Waals surface area contributed by atoms with Crippen LogP contribution in [0.1, 0.15) is 20.7 Å². The Bertz CT molecular complexity index is 1410. The summed E-state index contributed by atoms with van der Waals surface area (Å²) in [5.41, 5.74) is 2.21. The Morgan fingerprint density at radius 3 is 1.20 bits per heavy atom. The molecule has 40 heavy (non-hydrogen) atoms. The number of hydrogen-bond donors (Lipinski definition) is 4. The molecule has 0 saturated carbocycles. The Kier molecular flexibility index (Phi) is 12.1. The normalized spacial score (nSPS) is 9.90. The standard InChI is InChI=1S/2C14H10Cl2N2OS/c2*15-9-6-7-11(12(16)8-9)13(19)18-14(20)17-10-4-2-1-3-5-10/h2*1-8H,(H2,17,18,19,20). The van der Waals surface area contributed by atoms with Gasteiger partial charge < -0.3 is 10.6 Å². The molecule has 0 bridgehead atoms. The SMILES string of the molecule is O=C(NC(=S)Nc1ccccc1)c1ccc(Cl)cc1Cl.O=C(NC(=S)Nc1ccccc1)c1ccc(Cl)cc1Cl. The summed E-state index contributed by atoms with van der Waals surface area (Å²) in [4.78, 5) is 24.0. The molecule has 0 aliphatic heterocycles. The molecule has 0 aliphatic rings. The maximum atomic E-state index is 12.0. The van der Waals surface area contributed by atoms with Crippen LogP contribution >= 0.6 is 70.8 Å². The van der Waals surface area contributed by atoms with Crippen molar-refractivity contribution < 1.29 is 9.59 Å². The third-order valence-electron chi connectivity index (χ3n) is 4.87. The molecule has 6 nitrogen and oxygen atoms in total. The molecule has 0 fully saturated rings. The van der Waals surface area contributed by atoms with Gasteiger partial charge in [0.25, 0.3) is 11.8 Å². The van der Waals surface area contributed by atoms with Gasteiger partial charge in [-0.05, 0) is 85.1 Å². The third-order valence-corrected chi connectivity index (χ3v) is 6.37. The maximum absolute atomic E-state index is 12.0. The molecule has 4 N–H and O–H groups in total. The first-order chi connectivity index (χ1) is 19.1. The third kappa shape index (κ3) is 10.1. The van der Waals surface area contributed by atoms with E-state index >= 15 is 0 Å². The molecule has 0 aromatic heterocycles. The van der Waals surface area contributed by atoms with E-state index in [0.29, 0.717) is 21.2 Å². The first kappa shape index (κ1) is 31.3. The lowest BCUT2D eigenvalue weighted by molar-refractivity contribution is 0.0969. The van der Waals surface area contributed by atoms with E-state index in [0.717, 1.165) is 11.4 Å². The van der Waals surface area contributed by atoms with Gasteiger partial charge in [0.1, 0.15) is 0 Å². The molecule has 12 heteroatoms. The summed E-state index contributed by atoms with van der Waals surface area (Å²) in [5, 5.41) is 12.8. The highest BCUT2D eigenvalue weighted by Crippen LogP contribution is 2.22. The molecule has 4 rings (SSSR count). The molecule has 2 amide bonds. The highest BCUT2D eigenvalue weighted by atomic mass is 35.5. The Morgan fingerprint density at radius 2 is 0.875 bits per heavy atom. The topological polar surface area (TPSA) is 82.3 Å². The van der Waals surface area contributed by atoms with Crippen molar-refractivity contribution in [3.63, 3.8) is 0 Å². The fraction of sp³-hybridized carbons (Fsp3) is 0. The summed E-state index contributed by atoms with van der Waals surface area (Å²) in [6.07, 6.45) is 0. The highest BCUT2D eigenvalue weighted by molar-refractivity contribution is 7.80. The first-order valence-corrected chi connectivity index (χ1v) is 13.7. The van der Waals surface area contributed by atoms with E-state index in [4.69, 9.17) is 70.8 Å². The molecule has 0 saturated heterocycles. The summed E-state index contributed by atoms with van der Waals surface area (Å²) in [6.45, 7) is 0. The van der Waals surface area contributed by atoms with Crippen LogP contribution in [0.5, 0.6) is 0 Å². The number of amides is 2. The van der Waals surface area contributed by atoms with Crippen molar-refractivity contribution >= 4 is 104 Å². The van der Waals surface area contributed by atoms with E-state index in [2.05, 4.69) is 21.3 Å². The van der Waals surface area contributed by atoms with Crippen LogP contribution in [0, 0.1) is 0 Å². The van der Waals surface area contributed by atoms with Crippen molar-refractivity contribution in [2.24, 2.45) is 0 Å². The number of thiocarbonyl (C=S) groups is 2. The number of nitrogens with one attached hydrogen (secondary N) is 4. The van der Waals surface area contributed by atoms with Gasteiger partial charge in [0.2, 0.25) is 0 Å². The Balaban J connectivity index is 0.000000220. The number of hydrogen-bond acceptors (Lipinski definition) is 4. The van der Waals surface area contributed by atoms with Crippen molar-refractivity contribution in [3.05, 3.63) is 128 Å². The molecule has 204 valence electrons. The fourth-order valence-electron chi connectivity index (χ4n) is 3.06. The lowest BCUT2D eigenvalue weighted by Crippen LogP contribution is -2.34. The minimum atomic E-state index is -0.389. The predicted octanol–water partition coefficient (Wildman–Crippen LogP) is 8.24. The van der Waals surface area contributed by atoms with E-state index < -0.39 is 0 Å². The van der Waals surface area contributed by atoms with Gasteiger partial charge >= 0.3 is 0 Å². The summed E-state index contributed by atoms with van der Waals surface area (Å²) in [5.74, 6) is -0.778. The molecule has 4 aromatic rings. The van der Waals surface area contributed by atoms with Crippen LogP contribution in [-0.4, -0.2) is 22.0 Å². The van der Waals surface area contributed by atoms with Crippen LogP contribution in [0.25, 0.3) is 0 Å². The largest absolute Gasteiger partial charge is 0.332 e. The number of rotatable bonds is 4. The average Bonchev–Trinajstić information content (AvgIpc) is 2.90. The Hall–Kier alpha value is -3.24. The number of halogens is 4. The number of carbonyl (C=O) groups excluding carboxylic acids is 2. The van der Waals surface area contributed by atoms with Gasteiger partial charge in [-0.15, -0.1) is 0 Å². The Morgan fingerprint density at radius 1 is 0.525 bits per heavy atom. The molecular formula is C28H20Cl4N4O2S2. The van der Waals surface area contributed by atoms with Crippen LogP contribution in [0.3, 0.4) is 0 Å².